The molecule has 166 valence electrons. The second-order valence-electron chi connectivity index (χ2n) is 8.13. The molecule has 1 heterocycles. The highest BCUT2D eigenvalue weighted by Gasteiger charge is 2.22. The minimum Gasteiger partial charge on any atom is -0.370 e. The molecule has 31 heavy (non-hydrogen) atoms. The van der Waals surface area contributed by atoms with Gasteiger partial charge < -0.3 is 15.1 Å². The first-order chi connectivity index (χ1) is 15.1. The fourth-order valence-electron chi connectivity index (χ4n) is 3.96. The van der Waals surface area contributed by atoms with Crippen LogP contribution in [0.5, 0.6) is 0 Å². The summed E-state index contributed by atoms with van der Waals surface area (Å²) in [5.41, 5.74) is 3.04. The number of benzene rings is 2. The first kappa shape index (κ1) is 22.8. The molecule has 0 unspecified atom stereocenters. The topological polar surface area (TPSA) is 55.9 Å². The van der Waals surface area contributed by atoms with Crippen LogP contribution in [-0.2, 0) is 9.59 Å². The molecule has 2 aromatic rings. The van der Waals surface area contributed by atoms with E-state index in [1.807, 2.05) is 44.2 Å². The Bertz CT molecular complexity index is 856. The van der Waals surface area contributed by atoms with Crippen LogP contribution in [0.2, 0.25) is 0 Å². The summed E-state index contributed by atoms with van der Waals surface area (Å²) in [6.07, 6.45) is 1.84. The van der Waals surface area contributed by atoms with Crippen LogP contribution in [0, 0.1) is 6.92 Å². The zero-order valence-electron chi connectivity index (χ0n) is 18.7. The van der Waals surface area contributed by atoms with Gasteiger partial charge in [-0.1, -0.05) is 43.3 Å². The minimum absolute atomic E-state index is 0.0231. The summed E-state index contributed by atoms with van der Waals surface area (Å²) < 4.78 is 0. The summed E-state index contributed by atoms with van der Waals surface area (Å²) in [6, 6.07) is 18.1. The molecule has 1 aliphatic rings. The van der Waals surface area contributed by atoms with Gasteiger partial charge in [-0.2, -0.15) is 0 Å². The lowest BCUT2D eigenvalue weighted by molar-refractivity contribution is -0.135. The van der Waals surface area contributed by atoms with E-state index in [1.54, 1.807) is 4.90 Å². The van der Waals surface area contributed by atoms with E-state index < -0.39 is 0 Å². The average Bonchev–Trinajstić information content (AvgIpc) is 3.01. The standard InChI is InChI=1S/C25H34N4O2/c1-3-14-29(19-24(30)26-23-13-8-7-10-21(23)2)25(31)20-27-15-9-16-28(18-17-27)22-11-5-4-6-12-22/h4-8,10-13H,3,9,14-20H2,1-2H3,(H,26,30). The molecular weight excluding hydrogens is 388 g/mol. The monoisotopic (exact) mass is 422 g/mol. The van der Waals surface area contributed by atoms with Gasteiger partial charge in [-0.05, 0) is 43.5 Å². The number of carbonyl (C=O) groups is 2. The van der Waals surface area contributed by atoms with Crippen molar-refractivity contribution in [1.82, 2.24) is 9.80 Å². The van der Waals surface area contributed by atoms with Gasteiger partial charge in [-0.25, -0.2) is 0 Å². The van der Waals surface area contributed by atoms with Crippen LogP contribution in [0.4, 0.5) is 11.4 Å². The predicted octanol–water partition coefficient (Wildman–Crippen LogP) is 3.38. The summed E-state index contributed by atoms with van der Waals surface area (Å²) in [6.45, 7) is 8.66. The maximum atomic E-state index is 13.0. The van der Waals surface area contributed by atoms with Crippen LogP contribution in [0.25, 0.3) is 0 Å². The number of rotatable bonds is 8. The lowest BCUT2D eigenvalue weighted by atomic mass is 10.2. The Balaban J connectivity index is 1.53. The summed E-state index contributed by atoms with van der Waals surface area (Å²) in [7, 11) is 0. The Morgan fingerprint density at radius 3 is 2.45 bits per heavy atom. The number of hydrogen-bond acceptors (Lipinski definition) is 4. The highest BCUT2D eigenvalue weighted by Crippen LogP contribution is 2.16. The molecule has 1 fully saturated rings. The number of nitrogens with one attached hydrogen (secondary N) is 1. The van der Waals surface area contributed by atoms with E-state index in [9.17, 15) is 9.59 Å². The van der Waals surface area contributed by atoms with Crippen molar-refractivity contribution in [3.05, 3.63) is 60.2 Å². The van der Waals surface area contributed by atoms with Gasteiger partial charge in [0.2, 0.25) is 11.8 Å². The largest absolute Gasteiger partial charge is 0.370 e. The molecule has 2 amide bonds. The molecule has 0 radical (unpaired) electrons. The van der Waals surface area contributed by atoms with E-state index in [1.165, 1.54) is 5.69 Å². The Labute approximate surface area is 185 Å². The molecule has 0 aliphatic carbocycles. The number of amides is 2. The van der Waals surface area contributed by atoms with E-state index in [-0.39, 0.29) is 18.4 Å². The smallest absolute Gasteiger partial charge is 0.244 e. The van der Waals surface area contributed by atoms with Crippen LogP contribution >= 0.6 is 0 Å². The van der Waals surface area contributed by atoms with Gasteiger partial charge in [-0.15, -0.1) is 0 Å². The zero-order chi connectivity index (χ0) is 22.1. The van der Waals surface area contributed by atoms with E-state index in [4.69, 9.17) is 0 Å². The van der Waals surface area contributed by atoms with Gasteiger partial charge in [0.05, 0.1) is 13.1 Å². The maximum absolute atomic E-state index is 13.0. The molecule has 0 bridgehead atoms. The number of hydrogen-bond donors (Lipinski definition) is 1. The lowest BCUT2D eigenvalue weighted by Crippen LogP contribution is -2.45. The molecule has 2 aromatic carbocycles. The van der Waals surface area contributed by atoms with Gasteiger partial charge in [0.25, 0.3) is 0 Å². The van der Waals surface area contributed by atoms with Crippen molar-refractivity contribution in [2.45, 2.75) is 26.7 Å². The van der Waals surface area contributed by atoms with Crippen LogP contribution in [0.3, 0.4) is 0 Å². The number of nitrogens with zero attached hydrogens (tertiary/aromatic N) is 3. The molecule has 0 aromatic heterocycles. The first-order valence-corrected chi connectivity index (χ1v) is 11.2. The molecule has 6 nitrogen and oxygen atoms in total. The third kappa shape index (κ3) is 6.82. The lowest BCUT2D eigenvalue weighted by Gasteiger charge is -2.26. The van der Waals surface area contributed by atoms with Crippen molar-refractivity contribution in [2.24, 2.45) is 0 Å². The number of carbonyl (C=O) groups excluding carboxylic acids is 2. The third-order valence-corrected chi connectivity index (χ3v) is 5.67. The number of aryl methyl sites for hydroxylation is 1. The summed E-state index contributed by atoms with van der Waals surface area (Å²) in [4.78, 5) is 31.9. The van der Waals surface area contributed by atoms with Gasteiger partial charge in [0.15, 0.2) is 0 Å². The molecule has 1 aliphatic heterocycles. The van der Waals surface area contributed by atoms with Crippen LogP contribution in [-0.4, -0.2) is 67.4 Å². The number of anilines is 2. The Hall–Kier alpha value is -2.86. The minimum atomic E-state index is -0.151. The molecule has 0 atom stereocenters. The van der Waals surface area contributed by atoms with Crippen molar-refractivity contribution in [1.29, 1.82) is 0 Å². The van der Waals surface area contributed by atoms with Crippen LogP contribution < -0.4 is 10.2 Å². The number of para-hydroxylation sites is 2. The normalized spacial score (nSPS) is 14.7. The van der Waals surface area contributed by atoms with Crippen molar-refractivity contribution >= 4 is 23.2 Å². The fourth-order valence-corrected chi connectivity index (χ4v) is 3.96. The van der Waals surface area contributed by atoms with Crippen molar-refractivity contribution in [2.75, 3.05) is 56.0 Å². The Morgan fingerprint density at radius 1 is 0.968 bits per heavy atom. The average molecular weight is 423 g/mol. The quantitative estimate of drug-likeness (QED) is 0.709. The maximum Gasteiger partial charge on any atom is 0.244 e. The van der Waals surface area contributed by atoms with Gasteiger partial charge in [0, 0.05) is 44.1 Å². The van der Waals surface area contributed by atoms with Gasteiger partial charge in [-0.3, -0.25) is 14.5 Å². The van der Waals surface area contributed by atoms with Crippen molar-refractivity contribution in [3.63, 3.8) is 0 Å². The van der Waals surface area contributed by atoms with Gasteiger partial charge in [0.1, 0.15) is 0 Å². The van der Waals surface area contributed by atoms with E-state index in [0.717, 1.165) is 50.3 Å². The molecule has 0 spiro atoms. The zero-order valence-corrected chi connectivity index (χ0v) is 18.7. The molecule has 0 saturated carbocycles. The summed E-state index contributed by atoms with van der Waals surface area (Å²) >= 11 is 0. The van der Waals surface area contributed by atoms with E-state index >= 15 is 0 Å². The van der Waals surface area contributed by atoms with Crippen LogP contribution in [0.15, 0.2) is 54.6 Å². The molecule has 3 rings (SSSR count). The SMILES string of the molecule is CCCN(CC(=O)Nc1ccccc1C)C(=O)CN1CCCN(c2ccccc2)CC1. The fraction of sp³-hybridized carbons (Fsp3) is 0.440. The third-order valence-electron chi connectivity index (χ3n) is 5.67. The summed E-state index contributed by atoms with van der Waals surface area (Å²) in [5.74, 6) is -0.128. The Kier molecular flexibility index (Phi) is 8.47. The highest BCUT2D eigenvalue weighted by atomic mass is 16.2. The second-order valence-corrected chi connectivity index (χ2v) is 8.13. The molecule has 6 heteroatoms. The van der Waals surface area contributed by atoms with Crippen molar-refractivity contribution < 1.29 is 9.59 Å². The first-order valence-electron chi connectivity index (χ1n) is 11.2. The van der Waals surface area contributed by atoms with E-state index in [0.29, 0.717) is 13.1 Å². The van der Waals surface area contributed by atoms with Crippen LogP contribution in [0.1, 0.15) is 25.3 Å². The highest BCUT2D eigenvalue weighted by molar-refractivity contribution is 5.95. The Morgan fingerprint density at radius 2 is 1.71 bits per heavy atom. The van der Waals surface area contributed by atoms with E-state index in [2.05, 4.69) is 39.4 Å². The summed E-state index contributed by atoms with van der Waals surface area (Å²) in [5, 5.41) is 2.94. The molecular formula is C25H34N4O2. The predicted molar refractivity (Wildman–Crippen MR) is 126 cm³/mol. The second kappa shape index (κ2) is 11.5. The molecule has 1 N–H and O–H groups in total. The van der Waals surface area contributed by atoms with Gasteiger partial charge >= 0.3 is 0 Å². The van der Waals surface area contributed by atoms with Crippen molar-refractivity contribution in [3.8, 4) is 0 Å². The molecule has 1 saturated heterocycles.